The second kappa shape index (κ2) is 4.08. The quantitative estimate of drug-likeness (QED) is 0.790. The van der Waals surface area contributed by atoms with E-state index in [2.05, 4.69) is 37.8 Å². The van der Waals surface area contributed by atoms with Gasteiger partial charge in [-0.25, -0.2) is 0 Å². The van der Waals surface area contributed by atoms with Crippen LogP contribution in [0.1, 0.15) is 11.6 Å². The zero-order valence-corrected chi connectivity index (χ0v) is 9.39. The maximum absolute atomic E-state index is 5.68. The lowest BCUT2D eigenvalue weighted by Crippen LogP contribution is -2.07. The van der Waals surface area contributed by atoms with Crippen LogP contribution in [0.5, 0.6) is 0 Å². The Morgan fingerprint density at radius 3 is 2.67 bits per heavy atom. The Kier molecular flexibility index (Phi) is 3.33. The highest BCUT2D eigenvalue weighted by Crippen LogP contribution is 2.25. The number of rotatable bonds is 1. The molecule has 0 radical (unpaired) electrons. The van der Waals surface area contributed by atoms with Crippen molar-refractivity contribution in [1.29, 1.82) is 0 Å². The van der Waals surface area contributed by atoms with E-state index in [-0.39, 0.29) is 6.04 Å². The molecule has 0 fully saturated rings. The van der Waals surface area contributed by atoms with Crippen molar-refractivity contribution >= 4 is 31.9 Å². The van der Waals surface area contributed by atoms with Gasteiger partial charge < -0.3 is 5.73 Å². The van der Waals surface area contributed by atoms with Gasteiger partial charge in [0, 0.05) is 8.95 Å². The van der Waals surface area contributed by atoms with Crippen LogP contribution in [0.4, 0.5) is 0 Å². The third kappa shape index (κ3) is 2.10. The van der Waals surface area contributed by atoms with E-state index < -0.39 is 0 Å². The van der Waals surface area contributed by atoms with Crippen molar-refractivity contribution in [3.8, 4) is 12.3 Å². The molecule has 1 rings (SSSR count). The van der Waals surface area contributed by atoms with Gasteiger partial charge in [0.25, 0.3) is 0 Å². The normalized spacial score (nSPS) is 12.2. The van der Waals surface area contributed by atoms with Crippen molar-refractivity contribution in [3.63, 3.8) is 0 Å². The molecule has 0 bridgehead atoms. The molecule has 1 atom stereocenters. The van der Waals surface area contributed by atoms with Crippen molar-refractivity contribution in [1.82, 2.24) is 0 Å². The maximum atomic E-state index is 5.68. The summed E-state index contributed by atoms with van der Waals surface area (Å²) in [6.45, 7) is 0. The Balaban J connectivity index is 3.15. The van der Waals surface area contributed by atoms with Gasteiger partial charge in [0.2, 0.25) is 0 Å². The number of benzene rings is 1. The molecule has 0 aliphatic heterocycles. The highest BCUT2D eigenvalue weighted by atomic mass is 79.9. The minimum atomic E-state index is -0.350. The van der Waals surface area contributed by atoms with Gasteiger partial charge in [-0.2, -0.15) is 0 Å². The molecule has 0 heterocycles. The van der Waals surface area contributed by atoms with Crippen molar-refractivity contribution in [2.24, 2.45) is 5.73 Å². The van der Waals surface area contributed by atoms with E-state index in [1.807, 2.05) is 18.2 Å². The molecule has 62 valence electrons. The van der Waals surface area contributed by atoms with E-state index in [4.69, 9.17) is 12.2 Å². The van der Waals surface area contributed by atoms with Gasteiger partial charge in [0.1, 0.15) is 0 Å². The number of halogens is 2. The van der Waals surface area contributed by atoms with Crippen LogP contribution in [0.3, 0.4) is 0 Å². The summed E-state index contributed by atoms with van der Waals surface area (Å²) < 4.78 is 1.92. The highest BCUT2D eigenvalue weighted by Gasteiger charge is 2.06. The number of nitrogens with two attached hydrogens (primary N) is 1. The summed E-state index contributed by atoms with van der Waals surface area (Å²) >= 11 is 6.72. The molecule has 1 aromatic carbocycles. The van der Waals surface area contributed by atoms with Gasteiger partial charge in [-0.05, 0) is 23.8 Å². The van der Waals surface area contributed by atoms with Crippen LogP contribution in [0.2, 0.25) is 0 Å². The predicted octanol–water partition coefficient (Wildman–Crippen LogP) is 2.84. The summed E-state index contributed by atoms with van der Waals surface area (Å²) in [5, 5.41) is 0. The number of hydrogen-bond acceptors (Lipinski definition) is 1. The van der Waals surface area contributed by atoms with E-state index in [9.17, 15) is 0 Å². The molecule has 0 aliphatic carbocycles. The summed E-state index contributed by atoms with van der Waals surface area (Å²) in [6, 6.07) is 5.40. The molecule has 3 heteroatoms. The van der Waals surface area contributed by atoms with Gasteiger partial charge in [-0.15, -0.1) is 6.42 Å². The van der Waals surface area contributed by atoms with Gasteiger partial charge in [0.05, 0.1) is 6.04 Å². The molecule has 1 aromatic rings. The lowest BCUT2D eigenvalue weighted by atomic mass is 10.1. The van der Waals surface area contributed by atoms with Crippen LogP contribution < -0.4 is 5.73 Å². The summed E-state index contributed by atoms with van der Waals surface area (Å²) in [6.07, 6.45) is 5.21. The molecule has 0 saturated carbocycles. The fraction of sp³-hybridized carbons (Fsp3) is 0.111. The SMILES string of the molecule is C#CC(N)c1cc(Br)ccc1Br. The fourth-order valence-electron chi connectivity index (χ4n) is 0.843. The Morgan fingerprint density at radius 1 is 1.42 bits per heavy atom. The first-order valence-corrected chi connectivity index (χ1v) is 4.90. The first kappa shape index (κ1) is 9.79. The van der Waals surface area contributed by atoms with E-state index in [0.717, 1.165) is 14.5 Å². The molecule has 0 aliphatic rings. The first-order valence-electron chi connectivity index (χ1n) is 3.32. The third-order valence-electron chi connectivity index (χ3n) is 1.47. The first-order chi connectivity index (χ1) is 5.65. The van der Waals surface area contributed by atoms with Gasteiger partial charge in [-0.3, -0.25) is 0 Å². The van der Waals surface area contributed by atoms with Crippen molar-refractivity contribution in [2.45, 2.75) is 6.04 Å². The minimum absolute atomic E-state index is 0.350. The predicted molar refractivity (Wildman–Crippen MR) is 57.6 cm³/mol. The monoisotopic (exact) mass is 287 g/mol. The summed E-state index contributed by atoms with van der Waals surface area (Å²) in [5.74, 6) is 2.48. The van der Waals surface area contributed by atoms with Crippen LogP contribution in [0.25, 0.3) is 0 Å². The molecule has 0 saturated heterocycles. The van der Waals surface area contributed by atoms with Gasteiger partial charge in [-0.1, -0.05) is 37.8 Å². The van der Waals surface area contributed by atoms with Crippen molar-refractivity contribution in [2.75, 3.05) is 0 Å². The lowest BCUT2D eigenvalue weighted by Gasteiger charge is -2.07. The number of hydrogen-bond donors (Lipinski definition) is 1. The Labute approximate surface area is 88.6 Å². The topological polar surface area (TPSA) is 26.0 Å². The van der Waals surface area contributed by atoms with Crippen LogP contribution in [-0.2, 0) is 0 Å². The molecule has 1 unspecified atom stereocenters. The third-order valence-corrected chi connectivity index (χ3v) is 2.69. The Bertz CT molecular complexity index is 328. The van der Waals surface area contributed by atoms with E-state index in [1.54, 1.807) is 0 Å². The van der Waals surface area contributed by atoms with Crippen molar-refractivity contribution < 1.29 is 0 Å². The summed E-state index contributed by atoms with van der Waals surface area (Å²) in [4.78, 5) is 0. The zero-order chi connectivity index (χ0) is 9.14. The van der Waals surface area contributed by atoms with Crippen LogP contribution in [0.15, 0.2) is 27.1 Å². The molecule has 2 N–H and O–H groups in total. The molecule has 0 spiro atoms. The molecule has 0 amide bonds. The van der Waals surface area contributed by atoms with Gasteiger partial charge in [0.15, 0.2) is 0 Å². The maximum Gasteiger partial charge on any atom is 0.0929 e. The smallest absolute Gasteiger partial charge is 0.0929 e. The van der Waals surface area contributed by atoms with Crippen molar-refractivity contribution in [3.05, 3.63) is 32.7 Å². The van der Waals surface area contributed by atoms with Crippen LogP contribution in [0, 0.1) is 12.3 Å². The molecule has 0 aromatic heterocycles. The highest BCUT2D eigenvalue weighted by molar-refractivity contribution is 9.11. The minimum Gasteiger partial charge on any atom is -0.314 e. The second-order valence-electron chi connectivity index (χ2n) is 2.31. The Morgan fingerprint density at radius 2 is 2.08 bits per heavy atom. The second-order valence-corrected chi connectivity index (χ2v) is 4.08. The van der Waals surface area contributed by atoms with Gasteiger partial charge >= 0.3 is 0 Å². The molecular formula is C9H7Br2N. The summed E-state index contributed by atoms with van der Waals surface area (Å²) in [5.41, 5.74) is 6.60. The summed E-state index contributed by atoms with van der Waals surface area (Å²) in [7, 11) is 0. The Hall–Kier alpha value is -0.300. The standard InChI is InChI=1S/C9H7Br2N/c1-2-9(12)7-5-6(10)3-4-8(7)11/h1,3-5,9H,12H2. The van der Waals surface area contributed by atoms with E-state index in [1.165, 1.54) is 0 Å². The number of terminal acetylenes is 1. The van der Waals surface area contributed by atoms with Crippen LogP contribution in [-0.4, -0.2) is 0 Å². The fourth-order valence-corrected chi connectivity index (χ4v) is 1.71. The largest absolute Gasteiger partial charge is 0.314 e. The molecule has 12 heavy (non-hydrogen) atoms. The van der Waals surface area contributed by atoms with E-state index in [0.29, 0.717) is 0 Å². The van der Waals surface area contributed by atoms with Crippen LogP contribution >= 0.6 is 31.9 Å². The molecular weight excluding hydrogens is 282 g/mol. The average molecular weight is 289 g/mol. The average Bonchev–Trinajstić information content (AvgIpc) is 2.08. The lowest BCUT2D eigenvalue weighted by molar-refractivity contribution is 0.938. The molecule has 1 nitrogen and oxygen atoms in total. The zero-order valence-electron chi connectivity index (χ0n) is 6.22. The van der Waals surface area contributed by atoms with E-state index >= 15 is 0 Å².